The van der Waals surface area contributed by atoms with Gasteiger partial charge < -0.3 is 104 Å². The number of guanidine groups is 1. The van der Waals surface area contributed by atoms with E-state index in [1.807, 2.05) is 13.8 Å². The zero-order valence-electron chi connectivity index (χ0n) is 74.6. The van der Waals surface area contributed by atoms with Crippen molar-refractivity contribution >= 4 is 139 Å². The monoisotopic (exact) mass is 1820 g/mol. The van der Waals surface area contributed by atoms with Crippen molar-refractivity contribution in [3.63, 3.8) is 0 Å². The Bertz CT molecular complexity index is 4990. The van der Waals surface area contributed by atoms with Gasteiger partial charge in [0.1, 0.15) is 42.0 Å². The average Bonchev–Trinajstić information content (AvgIpc) is 1.59. The number of unbranched alkanes of at least 4 members (excludes halogenated alkanes) is 2. The van der Waals surface area contributed by atoms with E-state index < -0.39 is 248 Å². The van der Waals surface area contributed by atoms with E-state index in [1.165, 1.54) is 57.4 Å². The largest absolute Gasteiger partial charge is 0.396 e. The first kappa shape index (κ1) is 103. The number of Topliss-reactive ketones (excluding diaryl/α,β-unsaturated/α-hetero) is 4. The molecule has 2 saturated heterocycles. The molecule has 6 aromatic rings. The Hall–Kier alpha value is -12.7. The molecule has 0 saturated carbocycles. The first-order valence-corrected chi connectivity index (χ1v) is 45.0. The van der Waals surface area contributed by atoms with E-state index in [1.54, 1.807) is 91.3 Å². The number of rotatable bonds is 25. The maximum absolute atomic E-state index is 15.7. The van der Waals surface area contributed by atoms with Crippen molar-refractivity contribution in [2.45, 2.75) is 197 Å². The number of imidazole rings is 1. The quantitative estimate of drug-likeness (QED) is 0.0206. The van der Waals surface area contributed by atoms with Crippen LogP contribution in [0.5, 0.6) is 0 Å². The van der Waals surface area contributed by atoms with E-state index in [4.69, 9.17) is 22.6 Å². The molecule has 19 N–H and O–H groups in total. The number of likely N-dealkylation sites (N-methyl/N-ethyl adjacent to an activating group) is 4. The van der Waals surface area contributed by atoms with Crippen molar-refractivity contribution in [2.75, 3.05) is 79.1 Å². The van der Waals surface area contributed by atoms with Gasteiger partial charge in [0.25, 0.3) is 0 Å². The van der Waals surface area contributed by atoms with Gasteiger partial charge in [-0.05, 0) is 80.7 Å². The van der Waals surface area contributed by atoms with E-state index in [0.717, 1.165) is 26.5 Å². The molecule has 0 spiro atoms. The molecule has 5 heterocycles. The first-order chi connectivity index (χ1) is 62.1. The number of benzene rings is 3. The van der Waals surface area contributed by atoms with Crippen molar-refractivity contribution in [3.8, 4) is 0 Å². The summed E-state index contributed by atoms with van der Waals surface area (Å²) in [6, 6.07) is 9.73. The van der Waals surface area contributed by atoms with Gasteiger partial charge in [0.05, 0.1) is 74.8 Å². The maximum Gasteiger partial charge on any atom is 0.246 e. The molecule has 130 heavy (non-hydrogen) atoms. The molecule has 0 unspecified atom stereocenters. The fourth-order valence-electron chi connectivity index (χ4n) is 16.3. The molecule has 2 aliphatic rings. The second kappa shape index (κ2) is 50.3. The Morgan fingerprint density at radius 3 is 1.71 bits per heavy atom. The second-order valence-corrected chi connectivity index (χ2v) is 34.5. The van der Waals surface area contributed by atoms with Gasteiger partial charge in [-0.1, -0.05) is 106 Å². The number of carbonyl (C=O) groups excluding carboxylic acids is 17. The predicted octanol–water partition coefficient (Wildman–Crippen LogP) is 0.171. The van der Waals surface area contributed by atoms with Crippen molar-refractivity contribution in [1.82, 2.24) is 81.7 Å². The Labute approximate surface area is 757 Å². The van der Waals surface area contributed by atoms with Crippen LogP contribution in [0.15, 0.2) is 104 Å². The number of carbonyl (C=O) groups is 17. The van der Waals surface area contributed by atoms with Gasteiger partial charge in [-0.3, -0.25) is 86.9 Å². The topological polar surface area (TPSA) is 593 Å². The third-order valence-corrected chi connectivity index (χ3v) is 24.9. The fraction of sp³-hybridized carbons (Fsp3) is 0.522. The highest BCUT2D eigenvalue weighted by Crippen LogP contribution is 2.30. The van der Waals surface area contributed by atoms with Gasteiger partial charge in [0, 0.05) is 150 Å². The molecule has 8 rings (SSSR count). The van der Waals surface area contributed by atoms with Crippen molar-refractivity contribution in [2.24, 2.45) is 40.9 Å². The normalized spacial score (nSPS) is 23.9. The number of primary amides is 2. The molecule has 2 aliphatic heterocycles. The summed E-state index contributed by atoms with van der Waals surface area (Å²) in [5, 5.41) is 49.7. The molecule has 0 bridgehead atoms. The number of H-pyrrole nitrogens is 3. The summed E-state index contributed by atoms with van der Waals surface area (Å²) in [7, 11) is 5.26. The van der Waals surface area contributed by atoms with Gasteiger partial charge in [-0.25, -0.2) is 4.98 Å². The standard InChI is InChI=1S/C90H124N20O19S/c1-8-10-28-70-75(115)37-54(23-19-31-96-90(93)94)82(122)105-69(84(124)99-45-78(92)118)49-130-50-80(120)102-66(33-53-21-13-12-14-22-53)86(126)107(5)52(3)81(121)103-68(41-77(91)117)88(128)110-32-20-30-71(110)76(116)38-55(34-60-44-95-51-100-60)73(113)40-59(48-112)85(125)106(4)46-79(119)101-65(35-56-42-97-63-26-17-15-24-61(56)63)74(114)39-58(47-111)83(123)104-67(36-57-43-98-64-27-18-16-25-62(57)64)87(127)109(7)72(29-11-9-2)89(129)108(70)6/h12-18,21-22,24-27,42-44,51-52,54-55,58-59,65-72,97-98,111-112H,8-11,19-20,23,28-41,45-50H2,1-7H3,(H2,91,117)(H2,92,118)(H,95,100)(H,99,124)(H,101,119)(H,102,120)(H,103,121)(H,104,123)(H,105,122)(H4,93,94,96)/t52-,54+,55+,58-,59-,65-,66-,67-,68-,69-,70-,71-,72-/m0/s1. The number of fused-ring (bicyclic) bond motifs is 3. The van der Waals surface area contributed by atoms with Crippen LogP contribution in [-0.4, -0.2) is 294 Å². The lowest BCUT2D eigenvalue weighted by Gasteiger charge is -2.36. The van der Waals surface area contributed by atoms with E-state index in [9.17, 15) is 67.7 Å². The Morgan fingerprint density at radius 2 is 1.10 bits per heavy atom. The number of ketones is 4. The van der Waals surface area contributed by atoms with Gasteiger partial charge in [-0.2, -0.15) is 0 Å². The first-order valence-electron chi connectivity index (χ1n) is 43.9. The number of nitrogens with one attached hydrogen (secondary N) is 11. The van der Waals surface area contributed by atoms with Crippen LogP contribution < -0.4 is 54.4 Å². The van der Waals surface area contributed by atoms with Crippen LogP contribution in [0.1, 0.15) is 139 Å². The number of nitrogens with two attached hydrogens (primary N) is 3. The number of hydrogen-bond acceptors (Lipinski definition) is 22. The van der Waals surface area contributed by atoms with Crippen LogP contribution in [0.2, 0.25) is 0 Å². The number of amides is 13. The summed E-state index contributed by atoms with van der Waals surface area (Å²) in [5.41, 5.74) is 20.2. The third kappa shape index (κ3) is 29.4. The fourth-order valence-corrected chi connectivity index (χ4v) is 17.2. The van der Waals surface area contributed by atoms with Crippen molar-refractivity contribution < 1.29 is 91.7 Å². The number of aromatic amines is 3. The molecule has 0 radical (unpaired) electrons. The number of para-hydroxylation sites is 2. The second-order valence-electron chi connectivity index (χ2n) is 33.4. The minimum absolute atomic E-state index is 0.0345. The summed E-state index contributed by atoms with van der Waals surface area (Å²) >= 11 is 0.816. The lowest BCUT2D eigenvalue weighted by Crippen LogP contribution is -2.58. The molecule has 13 atom stereocenters. The Morgan fingerprint density at radius 1 is 0.538 bits per heavy atom. The average molecular weight is 1820 g/mol. The molecule has 3 aromatic heterocycles. The number of hydrogen-bond donors (Lipinski definition) is 16. The molecular formula is C90H124N20O19S. The zero-order chi connectivity index (χ0) is 95.0. The van der Waals surface area contributed by atoms with Gasteiger partial charge in [0.15, 0.2) is 23.3 Å². The van der Waals surface area contributed by atoms with Crippen LogP contribution in [0.4, 0.5) is 0 Å². The highest BCUT2D eigenvalue weighted by Gasteiger charge is 2.44. The van der Waals surface area contributed by atoms with Crippen LogP contribution in [0, 0.1) is 29.1 Å². The van der Waals surface area contributed by atoms with Gasteiger partial charge >= 0.3 is 0 Å². The minimum Gasteiger partial charge on any atom is -0.396 e. The number of aromatic nitrogens is 4. The van der Waals surface area contributed by atoms with E-state index >= 15 is 24.0 Å². The molecule has 2 fully saturated rings. The highest BCUT2D eigenvalue weighted by atomic mass is 32.2. The highest BCUT2D eigenvalue weighted by molar-refractivity contribution is 8.00. The Balaban J connectivity index is 1.17. The molecule has 704 valence electrons. The number of nitrogens with zero attached hydrogens (tertiary/aromatic N) is 6. The molecule has 40 heteroatoms. The number of aliphatic hydroxyl groups is 2. The van der Waals surface area contributed by atoms with E-state index in [-0.39, 0.29) is 83.1 Å². The van der Waals surface area contributed by atoms with Crippen molar-refractivity contribution in [1.29, 1.82) is 5.41 Å². The van der Waals surface area contributed by atoms with Crippen LogP contribution in [0.3, 0.4) is 0 Å². The third-order valence-electron chi connectivity index (χ3n) is 23.8. The van der Waals surface area contributed by atoms with E-state index in [0.29, 0.717) is 69.9 Å². The molecule has 13 amide bonds. The summed E-state index contributed by atoms with van der Waals surface area (Å²) in [5.74, 6) is -21.2. The number of thioether (sulfide) groups is 1. The molecule has 39 nitrogen and oxygen atoms in total. The van der Waals surface area contributed by atoms with Crippen LogP contribution in [-0.2, 0) is 107 Å². The molecule has 0 aliphatic carbocycles. The maximum atomic E-state index is 15.7. The lowest BCUT2D eigenvalue weighted by molar-refractivity contribution is -0.149. The van der Waals surface area contributed by atoms with Crippen LogP contribution in [0.25, 0.3) is 21.8 Å². The molecular weight excluding hydrogens is 1700 g/mol. The summed E-state index contributed by atoms with van der Waals surface area (Å²) < 4.78 is 0. The van der Waals surface area contributed by atoms with E-state index in [2.05, 4.69) is 57.2 Å². The molecule has 3 aromatic carbocycles. The van der Waals surface area contributed by atoms with Gasteiger partial charge in [0.2, 0.25) is 76.8 Å². The summed E-state index contributed by atoms with van der Waals surface area (Å²) in [4.78, 5) is 267. The lowest BCUT2D eigenvalue weighted by atomic mass is 9.85. The van der Waals surface area contributed by atoms with Gasteiger partial charge in [-0.15, -0.1) is 11.8 Å². The number of aliphatic hydroxyl groups excluding tert-OH is 2. The minimum atomic E-state index is -1.72. The summed E-state index contributed by atoms with van der Waals surface area (Å²) in [6.45, 7) is 1.66. The predicted molar refractivity (Wildman–Crippen MR) is 482 cm³/mol. The SMILES string of the molecule is CCCC[C@H]1C(=O)N(C)[C@@H](CCCC)C(=O)C[C@@H](CCCNC(=N)N)C(=O)N[C@H](C(=O)NCC(N)=O)CSCC(=O)N[C@@H](Cc2ccccc2)C(=O)N(C)[C@@H](C)C(=O)N[C@@H](CC(N)=O)C(=O)N2CCC[C@H]2C(=O)C[C@@H](Cc2cnc[nH]2)C(=O)C[C@@H](CO)C(=O)N(C)CC(=O)N[C@@H](Cc2c[nH]c3ccccc23)C(=O)C[C@@H](CO)C(=O)N[C@@H](Cc2c[nH]c3ccccc23)C(=O)N1C. The Kier molecular flexibility index (Phi) is 39.7. The summed E-state index contributed by atoms with van der Waals surface area (Å²) in [6.07, 6.45) is 4.23. The zero-order valence-corrected chi connectivity index (χ0v) is 75.4. The smallest absolute Gasteiger partial charge is 0.246 e. The van der Waals surface area contributed by atoms with Crippen LogP contribution >= 0.6 is 11.8 Å². The van der Waals surface area contributed by atoms with Crippen molar-refractivity contribution in [3.05, 3.63) is 126 Å².